The largest absolute Gasteiger partial charge is 0.309 e. The molecule has 0 aliphatic heterocycles. The molecule has 0 amide bonds. The van der Waals surface area contributed by atoms with E-state index in [2.05, 4.69) is 179 Å². The lowest BCUT2D eigenvalue weighted by molar-refractivity contribution is 1.18. The molecule has 11 rings (SSSR count). The van der Waals surface area contributed by atoms with Gasteiger partial charge >= 0.3 is 0 Å². The van der Waals surface area contributed by atoms with E-state index in [-0.39, 0.29) is 0 Å². The highest BCUT2D eigenvalue weighted by molar-refractivity contribution is 7.26. The van der Waals surface area contributed by atoms with Crippen molar-refractivity contribution in [1.29, 1.82) is 0 Å². The van der Waals surface area contributed by atoms with Crippen LogP contribution in [0.15, 0.2) is 170 Å². The summed E-state index contributed by atoms with van der Waals surface area (Å²) < 4.78 is 7.63. The minimum absolute atomic E-state index is 1.15. The van der Waals surface area contributed by atoms with Crippen LogP contribution in [0.3, 0.4) is 0 Å². The Kier molecular flexibility index (Phi) is 6.03. The molecule has 0 aliphatic carbocycles. The minimum Gasteiger partial charge on any atom is -0.309 e. The summed E-state index contributed by atoms with van der Waals surface area (Å²) in [5.74, 6) is 0. The van der Waals surface area contributed by atoms with Crippen molar-refractivity contribution in [3.63, 3.8) is 0 Å². The summed E-state index contributed by atoms with van der Waals surface area (Å²) in [5, 5.41) is 10.2. The SMILES string of the molecule is c1ccc(-n2c3ccccc3c3c(N(c4ccc5sc6ccccc6c5c4)c4cccc5c4sc4cc6ccccc6cc45)cccc32)cc1. The van der Waals surface area contributed by atoms with E-state index < -0.39 is 0 Å². The van der Waals surface area contributed by atoms with Crippen molar-refractivity contribution in [2.75, 3.05) is 4.90 Å². The van der Waals surface area contributed by atoms with Gasteiger partial charge in [0, 0.05) is 57.8 Å². The monoisotopic (exact) mass is 672 g/mol. The molecule has 0 saturated carbocycles. The maximum absolute atomic E-state index is 2.52. The Morgan fingerprint density at radius 1 is 0.400 bits per heavy atom. The molecule has 0 fully saturated rings. The summed E-state index contributed by atoms with van der Waals surface area (Å²) in [7, 11) is 0. The van der Waals surface area contributed by atoms with Crippen LogP contribution in [0.4, 0.5) is 17.1 Å². The number of hydrogen-bond acceptors (Lipinski definition) is 3. The predicted molar refractivity (Wildman–Crippen MR) is 219 cm³/mol. The van der Waals surface area contributed by atoms with Crippen molar-refractivity contribution in [3.05, 3.63) is 170 Å². The molecule has 11 aromatic rings. The van der Waals surface area contributed by atoms with E-state index in [0.29, 0.717) is 0 Å². The third-order valence-electron chi connectivity index (χ3n) is 10.1. The highest BCUT2D eigenvalue weighted by atomic mass is 32.1. The Hall–Kier alpha value is -5.94. The molecular formula is C46H28N2S2. The molecule has 0 bridgehead atoms. The number of anilines is 3. The lowest BCUT2D eigenvalue weighted by Gasteiger charge is -2.27. The van der Waals surface area contributed by atoms with E-state index in [1.165, 1.54) is 84.3 Å². The average molecular weight is 673 g/mol. The molecule has 234 valence electrons. The molecule has 2 nitrogen and oxygen atoms in total. The van der Waals surface area contributed by atoms with Crippen LogP contribution >= 0.6 is 22.7 Å². The zero-order valence-electron chi connectivity index (χ0n) is 26.9. The van der Waals surface area contributed by atoms with Gasteiger partial charge in [-0.15, -0.1) is 22.7 Å². The molecule has 0 spiro atoms. The van der Waals surface area contributed by atoms with Gasteiger partial charge in [0.2, 0.25) is 0 Å². The molecule has 0 aliphatic rings. The van der Waals surface area contributed by atoms with E-state index in [1.54, 1.807) is 0 Å². The maximum atomic E-state index is 2.52. The number of nitrogens with zero attached hydrogens (tertiary/aromatic N) is 2. The first-order valence-corrected chi connectivity index (χ1v) is 18.6. The van der Waals surface area contributed by atoms with Gasteiger partial charge < -0.3 is 9.47 Å². The zero-order chi connectivity index (χ0) is 32.8. The average Bonchev–Trinajstić information content (AvgIpc) is 3.84. The summed E-state index contributed by atoms with van der Waals surface area (Å²) in [4.78, 5) is 2.52. The molecule has 0 radical (unpaired) electrons. The van der Waals surface area contributed by atoms with Crippen molar-refractivity contribution in [2.45, 2.75) is 0 Å². The minimum atomic E-state index is 1.15. The van der Waals surface area contributed by atoms with Gasteiger partial charge in [0.1, 0.15) is 0 Å². The quantitative estimate of drug-likeness (QED) is 0.181. The maximum Gasteiger partial charge on any atom is 0.0640 e. The topological polar surface area (TPSA) is 8.17 Å². The third-order valence-corrected chi connectivity index (χ3v) is 12.5. The summed E-state index contributed by atoms with van der Waals surface area (Å²) >= 11 is 3.76. The first-order valence-electron chi connectivity index (χ1n) is 16.9. The van der Waals surface area contributed by atoms with Gasteiger partial charge in [0.25, 0.3) is 0 Å². The van der Waals surface area contributed by atoms with Gasteiger partial charge in [0.15, 0.2) is 0 Å². The fourth-order valence-corrected chi connectivity index (χ4v) is 10.3. The van der Waals surface area contributed by atoms with Crippen LogP contribution in [-0.4, -0.2) is 4.57 Å². The van der Waals surface area contributed by atoms with E-state index in [4.69, 9.17) is 0 Å². The second-order valence-electron chi connectivity index (χ2n) is 12.9. The van der Waals surface area contributed by atoms with Gasteiger partial charge in [-0.25, -0.2) is 0 Å². The van der Waals surface area contributed by atoms with E-state index >= 15 is 0 Å². The van der Waals surface area contributed by atoms with Crippen LogP contribution in [-0.2, 0) is 0 Å². The summed E-state index contributed by atoms with van der Waals surface area (Å²) in [6, 6.07) is 62.5. The van der Waals surface area contributed by atoms with Crippen LogP contribution in [0.1, 0.15) is 0 Å². The predicted octanol–water partition coefficient (Wildman–Crippen LogP) is 14.1. The lowest BCUT2D eigenvalue weighted by Crippen LogP contribution is -2.10. The second-order valence-corrected chi connectivity index (χ2v) is 15.1. The van der Waals surface area contributed by atoms with Gasteiger partial charge in [0.05, 0.1) is 27.1 Å². The number of thiophene rings is 2. The van der Waals surface area contributed by atoms with E-state index in [0.717, 1.165) is 11.4 Å². The molecule has 0 saturated heterocycles. The van der Waals surface area contributed by atoms with Crippen LogP contribution in [0, 0.1) is 0 Å². The fraction of sp³-hybridized carbons (Fsp3) is 0. The van der Waals surface area contributed by atoms with Gasteiger partial charge in [-0.05, 0) is 83.6 Å². The Morgan fingerprint density at radius 2 is 1.06 bits per heavy atom. The number of aromatic nitrogens is 1. The Bertz CT molecular complexity index is 3110. The Morgan fingerprint density at radius 3 is 1.96 bits per heavy atom. The first kappa shape index (κ1) is 28.0. The van der Waals surface area contributed by atoms with Crippen LogP contribution in [0.5, 0.6) is 0 Å². The van der Waals surface area contributed by atoms with Crippen LogP contribution in [0.25, 0.3) is 78.6 Å². The summed E-state index contributed by atoms with van der Waals surface area (Å²) in [5.41, 5.74) is 7.06. The molecule has 0 atom stereocenters. The van der Waals surface area contributed by atoms with Gasteiger partial charge in [-0.2, -0.15) is 0 Å². The van der Waals surface area contributed by atoms with Crippen molar-refractivity contribution in [2.24, 2.45) is 0 Å². The van der Waals surface area contributed by atoms with Crippen molar-refractivity contribution in [1.82, 2.24) is 4.57 Å². The van der Waals surface area contributed by atoms with Gasteiger partial charge in [-0.3, -0.25) is 0 Å². The summed E-state index contributed by atoms with van der Waals surface area (Å²) in [6.07, 6.45) is 0. The molecule has 0 unspecified atom stereocenters. The van der Waals surface area contributed by atoms with E-state index in [9.17, 15) is 0 Å². The number of benzene rings is 8. The lowest BCUT2D eigenvalue weighted by atomic mass is 10.0. The smallest absolute Gasteiger partial charge is 0.0640 e. The van der Waals surface area contributed by atoms with Gasteiger partial charge in [-0.1, -0.05) is 97.1 Å². The molecular weight excluding hydrogens is 645 g/mol. The third kappa shape index (κ3) is 4.07. The van der Waals surface area contributed by atoms with E-state index in [1.807, 2.05) is 22.7 Å². The van der Waals surface area contributed by atoms with Crippen molar-refractivity contribution < 1.29 is 0 Å². The number of hydrogen-bond donors (Lipinski definition) is 0. The Labute approximate surface area is 296 Å². The summed E-state index contributed by atoms with van der Waals surface area (Å²) in [6.45, 7) is 0. The molecule has 50 heavy (non-hydrogen) atoms. The molecule has 3 heterocycles. The highest BCUT2D eigenvalue weighted by Gasteiger charge is 2.24. The van der Waals surface area contributed by atoms with Crippen molar-refractivity contribution in [3.8, 4) is 5.69 Å². The number of para-hydroxylation sites is 2. The highest BCUT2D eigenvalue weighted by Crippen LogP contribution is 2.49. The normalized spacial score (nSPS) is 12.0. The Balaban J connectivity index is 1.26. The van der Waals surface area contributed by atoms with Crippen LogP contribution < -0.4 is 4.90 Å². The molecule has 0 N–H and O–H groups in total. The van der Waals surface area contributed by atoms with Crippen molar-refractivity contribution >= 4 is 113 Å². The van der Waals surface area contributed by atoms with Crippen LogP contribution in [0.2, 0.25) is 0 Å². The molecule has 4 heteroatoms. The molecule has 3 aromatic heterocycles. The standard InChI is InChI=1S/C46H28N2S2/c1-2-14-31(15-3-1)47-38-19-8-6-17-35(38)45-39(47)20-11-21-40(45)48(32-24-25-43-37(28-32)33-16-7-9-23-42(33)49-43)41-22-10-18-34-36-26-29-12-4-5-13-30(29)27-44(36)50-46(34)41/h1-28H. The first-order chi connectivity index (χ1) is 24.8. The number of rotatable bonds is 4. The second kappa shape index (κ2) is 10.8. The number of fused-ring (bicyclic) bond motifs is 10. The zero-order valence-corrected chi connectivity index (χ0v) is 28.5. The molecule has 8 aromatic carbocycles. The fourth-order valence-electron chi connectivity index (χ4n) is 7.95.